The molecular formula is C22H27N3O5. The van der Waals surface area contributed by atoms with Crippen LogP contribution in [0.15, 0.2) is 42.5 Å². The van der Waals surface area contributed by atoms with E-state index in [1.165, 1.54) is 0 Å². The summed E-state index contributed by atoms with van der Waals surface area (Å²) in [6.07, 6.45) is -0.0746. The molecule has 0 unspecified atom stereocenters. The lowest BCUT2D eigenvalue weighted by atomic mass is 10.1. The second kappa shape index (κ2) is 11.6. The van der Waals surface area contributed by atoms with E-state index in [0.717, 1.165) is 16.8 Å². The topological polar surface area (TPSA) is 106 Å². The Morgan fingerprint density at radius 3 is 2.40 bits per heavy atom. The van der Waals surface area contributed by atoms with Crippen LogP contribution in [0.5, 0.6) is 5.75 Å². The summed E-state index contributed by atoms with van der Waals surface area (Å²) in [5.74, 6) is -0.885. The van der Waals surface area contributed by atoms with Crippen molar-refractivity contribution in [3.8, 4) is 5.75 Å². The van der Waals surface area contributed by atoms with Crippen LogP contribution >= 0.6 is 0 Å². The molecule has 2 rings (SSSR count). The highest BCUT2D eigenvalue weighted by molar-refractivity contribution is 5.98. The predicted molar refractivity (Wildman–Crippen MR) is 113 cm³/mol. The van der Waals surface area contributed by atoms with Gasteiger partial charge in [-0.2, -0.15) is 0 Å². The molecule has 160 valence electrons. The lowest BCUT2D eigenvalue weighted by Gasteiger charge is -2.12. The summed E-state index contributed by atoms with van der Waals surface area (Å²) in [7, 11) is 1.56. The molecule has 3 N–H and O–H groups in total. The highest BCUT2D eigenvalue weighted by atomic mass is 16.5. The molecule has 3 amide bonds. The number of benzene rings is 2. The fraction of sp³-hybridized carbons (Fsp3) is 0.318. The first-order chi connectivity index (χ1) is 14.4. The molecule has 0 spiro atoms. The number of nitrogens with one attached hydrogen (secondary N) is 3. The van der Waals surface area contributed by atoms with Gasteiger partial charge in [0.1, 0.15) is 12.4 Å². The molecule has 0 aliphatic rings. The van der Waals surface area contributed by atoms with E-state index in [1.807, 2.05) is 32.0 Å². The molecule has 0 aliphatic heterocycles. The molecular weight excluding hydrogens is 386 g/mol. The number of methoxy groups -OCH3 is 1. The SMILES string of the molecule is COCCOc1ccccc1C(=O)NNC(=O)CCC(=O)Nc1cc(C)ccc1C. The van der Waals surface area contributed by atoms with Crippen LogP contribution in [0.25, 0.3) is 0 Å². The number of amides is 3. The zero-order valence-corrected chi connectivity index (χ0v) is 17.4. The van der Waals surface area contributed by atoms with Gasteiger partial charge < -0.3 is 14.8 Å². The van der Waals surface area contributed by atoms with Crippen LogP contribution in [0.4, 0.5) is 5.69 Å². The summed E-state index contributed by atoms with van der Waals surface area (Å²) in [4.78, 5) is 36.4. The lowest BCUT2D eigenvalue weighted by molar-refractivity contribution is -0.124. The normalized spacial score (nSPS) is 10.2. The highest BCUT2D eigenvalue weighted by Crippen LogP contribution is 2.18. The van der Waals surface area contributed by atoms with Crippen molar-refractivity contribution in [3.05, 3.63) is 59.2 Å². The molecule has 0 aliphatic carbocycles. The molecule has 2 aromatic rings. The molecule has 0 radical (unpaired) electrons. The van der Waals surface area contributed by atoms with Crippen LogP contribution in [0.3, 0.4) is 0 Å². The lowest BCUT2D eigenvalue weighted by Crippen LogP contribution is -2.42. The fourth-order valence-corrected chi connectivity index (χ4v) is 2.58. The third kappa shape index (κ3) is 7.21. The van der Waals surface area contributed by atoms with Crippen molar-refractivity contribution in [1.82, 2.24) is 10.9 Å². The van der Waals surface area contributed by atoms with Crippen LogP contribution in [0.1, 0.15) is 34.3 Å². The van der Waals surface area contributed by atoms with Gasteiger partial charge in [-0.1, -0.05) is 24.3 Å². The molecule has 0 atom stereocenters. The minimum atomic E-state index is -0.517. The molecule has 30 heavy (non-hydrogen) atoms. The third-order valence-corrected chi connectivity index (χ3v) is 4.24. The Balaban J connectivity index is 1.80. The third-order valence-electron chi connectivity index (χ3n) is 4.24. The minimum Gasteiger partial charge on any atom is -0.490 e. The Kier molecular flexibility index (Phi) is 8.83. The Morgan fingerprint density at radius 1 is 0.900 bits per heavy atom. The van der Waals surface area contributed by atoms with E-state index in [-0.39, 0.29) is 24.3 Å². The van der Waals surface area contributed by atoms with Crippen molar-refractivity contribution in [3.63, 3.8) is 0 Å². The molecule has 0 saturated carbocycles. The van der Waals surface area contributed by atoms with Crippen LogP contribution in [0, 0.1) is 13.8 Å². The van der Waals surface area contributed by atoms with Gasteiger partial charge in [-0.15, -0.1) is 0 Å². The molecule has 0 bridgehead atoms. The van der Waals surface area contributed by atoms with Gasteiger partial charge in [0.25, 0.3) is 5.91 Å². The maximum Gasteiger partial charge on any atom is 0.273 e. The first-order valence-electron chi connectivity index (χ1n) is 9.57. The van der Waals surface area contributed by atoms with E-state index in [2.05, 4.69) is 16.2 Å². The van der Waals surface area contributed by atoms with Crippen LogP contribution < -0.4 is 20.9 Å². The summed E-state index contributed by atoms with van der Waals surface area (Å²) < 4.78 is 10.4. The summed E-state index contributed by atoms with van der Waals surface area (Å²) in [5.41, 5.74) is 7.63. The number of ether oxygens (including phenoxy) is 2. The Bertz CT molecular complexity index is 898. The molecule has 0 aromatic heterocycles. The average molecular weight is 413 g/mol. The Morgan fingerprint density at radius 2 is 1.63 bits per heavy atom. The maximum atomic E-state index is 12.3. The van der Waals surface area contributed by atoms with Gasteiger partial charge >= 0.3 is 0 Å². The molecule has 0 fully saturated rings. The van der Waals surface area contributed by atoms with Crippen LogP contribution in [-0.4, -0.2) is 38.0 Å². The van der Waals surface area contributed by atoms with Gasteiger partial charge in [-0.05, 0) is 43.2 Å². The van der Waals surface area contributed by atoms with Gasteiger partial charge in [0, 0.05) is 25.6 Å². The van der Waals surface area contributed by atoms with E-state index < -0.39 is 11.8 Å². The van der Waals surface area contributed by atoms with Crippen molar-refractivity contribution in [1.29, 1.82) is 0 Å². The second-order valence-corrected chi connectivity index (χ2v) is 6.71. The number of para-hydroxylation sites is 1. The minimum absolute atomic E-state index is 0.00813. The Hall–Kier alpha value is -3.39. The molecule has 0 saturated heterocycles. The second-order valence-electron chi connectivity index (χ2n) is 6.71. The van der Waals surface area contributed by atoms with Gasteiger partial charge in [-0.3, -0.25) is 25.2 Å². The van der Waals surface area contributed by atoms with Gasteiger partial charge in [0.05, 0.1) is 12.2 Å². The number of hydrogen-bond donors (Lipinski definition) is 3. The molecule has 0 heterocycles. The van der Waals surface area contributed by atoms with Gasteiger partial charge in [0.2, 0.25) is 11.8 Å². The maximum absolute atomic E-state index is 12.3. The van der Waals surface area contributed by atoms with Crippen LogP contribution in [-0.2, 0) is 14.3 Å². The summed E-state index contributed by atoms with van der Waals surface area (Å²) in [6.45, 7) is 4.51. The van der Waals surface area contributed by atoms with Crippen LogP contribution in [0.2, 0.25) is 0 Å². The van der Waals surface area contributed by atoms with E-state index in [0.29, 0.717) is 19.0 Å². The first kappa shape index (κ1) is 22.9. The number of hydrazine groups is 1. The summed E-state index contributed by atoms with van der Waals surface area (Å²) in [5, 5.41) is 2.80. The van der Waals surface area contributed by atoms with Crippen molar-refractivity contribution in [2.24, 2.45) is 0 Å². The van der Waals surface area contributed by atoms with E-state index in [4.69, 9.17) is 9.47 Å². The molecule has 8 nitrogen and oxygen atoms in total. The number of rotatable bonds is 9. The van der Waals surface area contributed by atoms with Crippen molar-refractivity contribution in [2.75, 3.05) is 25.6 Å². The van der Waals surface area contributed by atoms with Crippen molar-refractivity contribution < 1.29 is 23.9 Å². The van der Waals surface area contributed by atoms with Gasteiger partial charge in [-0.25, -0.2) is 0 Å². The number of anilines is 1. The number of aryl methyl sites for hydroxylation is 2. The highest BCUT2D eigenvalue weighted by Gasteiger charge is 2.14. The number of hydrogen-bond acceptors (Lipinski definition) is 5. The molecule has 8 heteroatoms. The first-order valence-corrected chi connectivity index (χ1v) is 9.57. The number of carbonyl (C=O) groups excluding carboxylic acids is 3. The standard InChI is InChI=1S/C22H27N3O5/c1-15-8-9-16(2)18(14-15)23-20(26)10-11-21(27)24-25-22(28)17-6-4-5-7-19(17)30-13-12-29-3/h4-9,14H,10-13H2,1-3H3,(H,23,26)(H,24,27)(H,25,28). The van der Waals surface area contributed by atoms with Crippen molar-refractivity contribution >= 4 is 23.4 Å². The average Bonchev–Trinajstić information content (AvgIpc) is 2.73. The monoisotopic (exact) mass is 413 g/mol. The van der Waals surface area contributed by atoms with Gasteiger partial charge in [0.15, 0.2) is 0 Å². The summed E-state index contributed by atoms with van der Waals surface area (Å²) >= 11 is 0. The molecule has 2 aromatic carbocycles. The van der Waals surface area contributed by atoms with Crippen molar-refractivity contribution in [2.45, 2.75) is 26.7 Å². The van der Waals surface area contributed by atoms with E-state index >= 15 is 0 Å². The number of carbonyl (C=O) groups is 3. The largest absolute Gasteiger partial charge is 0.490 e. The smallest absolute Gasteiger partial charge is 0.273 e. The van der Waals surface area contributed by atoms with E-state index in [9.17, 15) is 14.4 Å². The predicted octanol–water partition coefficient (Wildman–Crippen LogP) is 2.51. The zero-order chi connectivity index (χ0) is 21.9. The Labute approximate surface area is 175 Å². The summed E-state index contributed by atoms with van der Waals surface area (Å²) in [6, 6.07) is 12.4. The quantitative estimate of drug-likeness (QED) is 0.433. The fourth-order valence-electron chi connectivity index (χ4n) is 2.58. The zero-order valence-electron chi connectivity index (χ0n) is 17.4. The van der Waals surface area contributed by atoms with E-state index in [1.54, 1.807) is 31.4 Å².